The molecule has 1 rings (SSSR count). The molecule has 96 valence electrons. The van der Waals surface area contributed by atoms with Gasteiger partial charge < -0.3 is 15.2 Å². The zero-order chi connectivity index (χ0) is 12.9. The van der Waals surface area contributed by atoms with Crippen LogP contribution in [0.25, 0.3) is 0 Å². The molecule has 6 nitrogen and oxygen atoms in total. The third kappa shape index (κ3) is 5.53. The van der Waals surface area contributed by atoms with E-state index in [2.05, 4.69) is 5.32 Å². The molecule has 7 heteroatoms. The van der Waals surface area contributed by atoms with Crippen molar-refractivity contribution < 1.29 is 22.8 Å². The van der Waals surface area contributed by atoms with Gasteiger partial charge in [-0.15, -0.1) is 0 Å². The Morgan fingerprint density at radius 3 is 2.76 bits per heavy atom. The maximum atomic E-state index is 10.5. The van der Waals surface area contributed by atoms with Crippen molar-refractivity contribution in [3.05, 3.63) is 24.3 Å². The highest BCUT2D eigenvalue weighted by molar-refractivity contribution is 7.85. The number of hydrogen-bond acceptors (Lipinski definition) is 5. The maximum Gasteiger partial charge on any atom is 0.267 e. The summed E-state index contributed by atoms with van der Waals surface area (Å²) in [5, 5.41) is 12.2. The quantitative estimate of drug-likeness (QED) is 0.640. The standard InChI is InChI=1S/C10H15NO5S/c1-16-10-4-2-3-8(5-10)11-6-9(12)7-17(13,14)15/h2-5,9,11-12H,6-7H2,1H3,(H,13,14,15). The summed E-state index contributed by atoms with van der Waals surface area (Å²) in [5.74, 6) is -0.0384. The maximum absolute atomic E-state index is 10.5. The molecule has 3 N–H and O–H groups in total. The lowest BCUT2D eigenvalue weighted by Crippen LogP contribution is -2.27. The third-order valence-electron chi connectivity index (χ3n) is 2.01. The number of rotatable bonds is 6. The summed E-state index contributed by atoms with van der Waals surface area (Å²) in [6, 6.07) is 6.99. The molecule has 0 aliphatic carbocycles. The van der Waals surface area contributed by atoms with Crippen LogP contribution in [-0.4, -0.2) is 43.6 Å². The van der Waals surface area contributed by atoms with E-state index in [4.69, 9.17) is 9.29 Å². The fraction of sp³-hybridized carbons (Fsp3) is 0.400. The number of aliphatic hydroxyl groups excluding tert-OH is 1. The Morgan fingerprint density at radius 1 is 1.47 bits per heavy atom. The van der Waals surface area contributed by atoms with Crippen LogP contribution in [-0.2, 0) is 10.1 Å². The first-order valence-electron chi connectivity index (χ1n) is 4.92. The number of anilines is 1. The number of benzene rings is 1. The molecule has 0 aromatic heterocycles. The molecule has 0 fully saturated rings. The van der Waals surface area contributed by atoms with Crippen LogP contribution in [0.1, 0.15) is 0 Å². The zero-order valence-electron chi connectivity index (χ0n) is 9.33. The highest BCUT2D eigenvalue weighted by Gasteiger charge is 2.13. The van der Waals surface area contributed by atoms with Crippen molar-refractivity contribution in [3.63, 3.8) is 0 Å². The second-order valence-electron chi connectivity index (χ2n) is 3.52. The van der Waals surface area contributed by atoms with Crippen LogP contribution < -0.4 is 10.1 Å². The molecule has 0 amide bonds. The first-order chi connectivity index (χ1) is 7.90. The molecular weight excluding hydrogens is 246 g/mol. The van der Waals surface area contributed by atoms with Gasteiger partial charge in [0.05, 0.1) is 13.2 Å². The minimum absolute atomic E-state index is 0.0208. The van der Waals surface area contributed by atoms with Crippen molar-refractivity contribution >= 4 is 15.8 Å². The average molecular weight is 261 g/mol. The van der Waals surface area contributed by atoms with E-state index in [0.717, 1.165) is 0 Å². The Morgan fingerprint density at radius 2 is 2.18 bits per heavy atom. The summed E-state index contributed by atoms with van der Waals surface area (Å²) in [6.45, 7) is 0.0208. The normalized spacial score (nSPS) is 13.1. The number of aliphatic hydroxyl groups is 1. The van der Waals surface area contributed by atoms with Crippen LogP contribution in [0, 0.1) is 0 Å². The van der Waals surface area contributed by atoms with Gasteiger partial charge in [0.25, 0.3) is 10.1 Å². The molecule has 0 saturated heterocycles. The minimum atomic E-state index is -4.16. The van der Waals surface area contributed by atoms with Gasteiger partial charge in [-0.05, 0) is 12.1 Å². The van der Waals surface area contributed by atoms with Crippen LogP contribution in [0.4, 0.5) is 5.69 Å². The third-order valence-corrected chi connectivity index (χ3v) is 2.82. The summed E-state index contributed by atoms with van der Waals surface area (Å²) in [5.41, 5.74) is 0.693. The zero-order valence-corrected chi connectivity index (χ0v) is 10.1. The van der Waals surface area contributed by atoms with Gasteiger partial charge in [0.1, 0.15) is 11.5 Å². The van der Waals surface area contributed by atoms with E-state index in [1.807, 2.05) is 0 Å². The topological polar surface area (TPSA) is 95.9 Å². The molecule has 0 spiro atoms. The Hall–Kier alpha value is -1.31. The molecular formula is C10H15NO5S. The largest absolute Gasteiger partial charge is 0.497 e. The van der Waals surface area contributed by atoms with Crippen LogP contribution >= 0.6 is 0 Å². The van der Waals surface area contributed by atoms with Crippen molar-refractivity contribution in [3.8, 4) is 5.75 Å². The molecule has 1 atom stereocenters. The van der Waals surface area contributed by atoms with Crippen molar-refractivity contribution in [2.24, 2.45) is 0 Å². The minimum Gasteiger partial charge on any atom is -0.497 e. The molecule has 0 heterocycles. The molecule has 1 aromatic carbocycles. The Labute approximate surface area is 100.0 Å². The van der Waals surface area contributed by atoms with Crippen LogP contribution in [0.3, 0.4) is 0 Å². The van der Waals surface area contributed by atoms with Crippen molar-refractivity contribution in [1.29, 1.82) is 0 Å². The molecule has 0 aliphatic heterocycles. The van der Waals surface area contributed by atoms with Gasteiger partial charge >= 0.3 is 0 Å². The van der Waals surface area contributed by atoms with Gasteiger partial charge in [-0.1, -0.05) is 6.07 Å². The number of nitrogens with one attached hydrogen (secondary N) is 1. The van der Waals surface area contributed by atoms with Crippen molar-refractivity contribution in [2.75, 3.05) is 24.7 Å². The van der Waals surface area contributed by atoms with Crippen LogP contribution in [0.2, 0.25) is 0 Å². The van der Waals surface area contributed by atoms with E-state index in [1.165, 1.54) is 7.11 Å². The number of ether oxygens (including phenoxy) is 1. The average Bonchev–Trinajstić information content (AvgIpc) is 2.24. The monoisotopic (exact) mass is 261 g/mol. The fourth-order valence-corrected chi connectivity index (χ4v) is 1.87. The van der Waals surface area contributed by atoms with E-state index in [0.29, 0.717) is 11.4 Å². The van der Waals surface area contributed by atoms with Crippen LogP contribution in [0.15, 0.2) is 24.3 Å². The molecule has 0 saturated carbocycles. The SMILES string of the molecule is COc1cccc(NCC(O)CS(=O)(=O)O)c1. The van der Waals surface area contributed by atoms with Gasteiger partial charge in [0.15, 0.2) is 0 Å². The molecule has 1 unspecified atom stereocenters. The van der Waals surface area contributed by atoms with Gasteiger partial charge in [-0.2, -0.15) is 8.42 Å². The molecule has 0 bridgehead atoms. The van der Waals surface area contributed by atoms with E-state index >= 15 is 0 Å². The molecule has 1 aromatic rings. The lowest BCUT2D eigenvalue weighted by atomic mass is 10.3. The van der Waals surface area contributed by atoms with Gasteiger partial charge in [-0.25, -0.2) is 0 Å². The van der Waals surface area contributed by atoms with Gasteiger partial charge in [0.2, 0.25) is 0 Å². The first-order valence-corrected chi connectivity index (χ1v) is 6.53. The highest BCUT2D eigenvalue weighted by atomic mass is 32.2. The van der Waals surface area contributed by atoms with E-state index < -0.39 is 22.0 Å². The second-order valence-corrected chi connectivity index (χ2v) is 5.01. The lowest BCUT2D eigenvalue weighted by molar-refractivity contribution is 0.208. The van der Waals surface area contributed by atoms with E-state index in [1.54, 1.807) is 24.3 Å². The van der Waals surface area contributed by atoms with E-state index in [9.17, 15) is 13.5 Å². The molecule has 0 radical (unpaired) electrons. The molecule has 0 aliphatic rings. The summed E-state index contributed by atoms with van der Waals surface area (Å²) in [4.78, 5) is 0. The van der Waals surface area contributed by atoms with Crippen molar-refractivity contribution in [1.82, 2.24) is 0 Å². The number of methoxy groups -OCH3 is 1. The lowest BCUT2D eigenvalue weighted by Gasteiger charge is -2.11. The summed E-state index contributed by atoms with van der Waals surface area (Å²) in [6.07, 6.45) is -1.17. The Balaban J connectivity index is 2.49. The number of hydrogen-bond donors (Lipinski definition) is 3. The van der Waals surface area contributed by atoms with E-state index in [-0.39, 0.29) is 6.54 Å². The Kier molecular flexibility index (Phi) is 4.73. The smallest absolute Gasteiger partial charge is 0.267 e. The van der Waals surface area contributed by atoms with Gasteiger partial charge in [-0.3, -0.25) is 4.55 Å². The molecule has 17 heavy (non-hydrogen) atoms. The fourth-order valence-electron chi connectivity index (χ4n) is 1.27. The highest BCUT2D eigenvalue weighted by Crippen LogP contribution is 2.16. The predicted molar refractivity (Wildman–Crippen MR) is 63.9 cm³/mol. The van der Waals surface area contributed by atoms with Crippen molar-refractivity contribution in [2.45, 2.75) is 6.10 Å². The van der Waals surface area contributed by atoms with Crippen LogP contribution in [0.5, 0.6) is 5.75 Å². The second kappa shape index (κ2) is 5.85. The summed E-state index contributed by atoms with van der Waals surface area (Å²) >= 11 is 0. The summed E-state index contributed by atoms with van der Waals surface area (Å²) < 4.78 is 34.5. The van der Waals surface area contributed by atoms with Gasteiger partial charge in [0, 0.05) is 18.3 Å². The first kappa shape index (κ1) is 13.8. The summed E-state index contributed by atoms with van der Waals surface area (Å²) in [7, 11) is -2.62. The predicted octanol–water partition coefficient (Wildman–Crippen LogP) is 0.356. The Bertz CT molecular complexity index is 460.